The van der Waals surface area contributed by atoms with Crippen molar-refractivity contribution >= 4 is 22.4 Å². The van der Waals surface area contributed by atoms with Gasteiger partial charge < -0.3 is 9.47 Å². The van der Waals surface area contributed by atoms with E-state index in [0.717, 1.165) is 37.4 Å². The third kappa shape index (κ3) is 5.25. The normalized spacial score (nSPS) is 22.3. The summed E-state index contributed by atoms with van der Waals surface area (Å²) >= 11 is 1.64. The van der Waals surface area contributed by atoms with E-state index in [0.29, 0.717) is 6.61 Å². The van der Waals surface area contributed by atoms with Gasteiger partial charge >= 0.3 is 0 Å². The molecule has 6 heteroatoms. The number of hydrogen-bond acceptors (Lipinski definition) is 5. The van der Waals surface area contributed by atoms with Crippen LogP contribution in [-0.2, 0) is 27.1 Å². The van der Waals surface area contributed by atoms with Crippen molar-refractivity contribution < 1.29 is 14.3 Å². The highest BCUT2D eigenvalue weighted by atomic mass is 32.1. The van der Waals surface area contributed by atoms with E-state index in [1.165, 1.54) is 36.3 Å². The Morgan fingerprint density at radius 3 is 2.80 bits per heavy atom. The second-order valence-electron chi connectivity index (χ2n) is 7.43. The van der Waals surface area contributed by atoms with Crippen LogP contribution in [0, 0.1) is 5.92 Å². The number of rotatable bonds is 6. The molecule has 0 radical (unpaired) electrons. The molecule has 0 spiro atoms. The molecule has 1 fully saturated rings. The number of nitrogens with zero attached hydrogens (tertiary/aromatic N) is 1. The van der Waals surface area contributed by atoms with E-state index in [1.54, 1.807) is 11.3 Å². The van der Waals surface area contributed by atoms with Gasteiger partial charge in [-0.05, 0) is 44.4 Å². The van der Waals surface area contributed by atoms with Gasteiger partial charge in [-0.2, -0.15) is 0 Å². The van der Waals surface area contributed by atoms with Gasteiger partial charge in [-0.15, -0.1) is 11.3 Å². The molecule has 0 bridgehead atoms. The molecule has 140 valence electrons. The number of carbonyl (C=O) groups excluding carboxylic acids is 1. The van der Waals surface area contributed by atoms with Crippen LogP contribution < -0.4 is 5.32 Å². The smallest absolute Gasteiger partial charge is 0.255 e. The third-order valence-electron chi connectivity index (χ3n) is 4.93. The van der Waals surface area contributed by atoms with Crippen molar-refractivity contribution in [2.24, 2.45) is 5.92 Å². The predicted octanol–water partition coefficient (Wildman–Crippen LogP) is 3.96. The van der Waals surface area contributed by atoms with E-state index in [9.17, 15) is 4.79 Å². The molecule has 1 aliphatic heterocycles. The molecular weight excluding hydrogens is 336 g/mol. The van der Waals surface area contributed by atoms with E-state index in [4.69, 9.17) is 9.47 Å². The minimum absolute atomic E-state index is 0.0882. The lowest BCUT2D eigenvalue weighted by Crippen LogP contribution is -2.36. The summed E-state index contributed by atoms with van der Waals surface area (Å²) in [6.45, 7) is 5.32. The maximum absolute atomic E-state index is 12.7. The number of anilines is 1. The molecule has 1 aromatic rings. The van der Waals surface area contributed by atoms with Crippen LogP contribution in [0.5, 0.6) is 0 Å². The van der Waals surface area contributed by atoms with Gasteiger partial charge in [-0.1, -0.05) is 26.7 Å². The Kier molecular flexibility index (Phi) is 6.84. The Balaban J connectivity index is 1.59. The Morgan fingerprint density at radius 2 is 2.08 bits per heavy atom. The second kappa shape index (κ2) is 9.10. The highest BCUT2D eigenvalue weighted by Gasteiger charge is 2.27. The number of hydrogen-bond donors (Lipinski definition) is 1. The molecule has 25 heavy (non-hydrogen) atoms. The fourth-order valence-corrected chi connectivity index (χ4v) is 4.55. The SMILES string of the molecule is CC(C)C(OCC1CCCO1)C(=O)Nc1nc2c(s1)CCCCCC2. The minimum Gasteiger partial charge on any atom is -0.376 e. The summed E-state index contributed by atoms with van der Waals surface area (Å²) in [5.74, 6) is 0.0251. The zero-order chi connectivity index (χ0) is 17.6. The summed E-state index contributed by atoms with van der Waals surface area (Å²) < 4.78 is 11.5. The topological polar surface area (TPSA) is 60.5 Å². The molecule has 0 aromatic carbocycles. The summed E-state index contributed by atoms with van der Waals surface area (Å²) in [6.07, 6.45) is 8.89. The van der Waals surface area contributed by atoms with Gasteiger partial charge in [-0.3, -0.25) is 10.1 Å². The number of thiazole rings is 1. The summed E-state index contributed by atoms with van der Waals surface area (Å²) in [5, 5.41) is 3.72. The van der Waals surface area contributed by atoms with Crippen molar-refractivity contribution in [3.8, 4) is 0 Å². The predicted molar refractivity (Wildman–Crippen MR) is 100 cm³/mol. The van der Waals surface area contributed by atoms with Gasteiger partial charge in [0.2, 0.25) is 0 Å². The number of aryl methyl sites for hydroxylation is 2. The van der Waals surface area contributed by atoms with Crippen LogP contribution in [0.4, 0.5) is 5.13 Å². The summed E-state index contributed by atoms with van der Waals surface area (Å²) in [6, 6.07) is 0. The van der Waals surface area contributed by atoms with Gasteiger partial charge in [0.05, 0.1) is 18.4 Å². The average Bonchev–Trinajstić information content (AvgIpc) is 3.18. The summed E-state index contributed by atoms with van der Waals surface area (Å²) in [7, 11) is 0. The van der Waals surface area contributed by atoms with Crippen LogP contribution in [0.15, 0.2) is 0 Å². The largest absolute Gasteiger partial charge is 0.376 e. The molecule has 1 aliphatic carbocycles. The lowest BCUT2D eigenvalue weighted by Gasteiger charge is -2.22. The van der Waals surface area contributed by atoms with Gasteiger partial charge in [0, 0.05) is 11.5 Å². The molecule has 1 N–H and O–H groups in total. The van der Waals surface area contributed by atoms with Crippen molar-refractivity contribution in [2.45, 2.75) is 77.4 Å². The zero-order valence-corrected chi connectivity index (χ0v) is 16.2. The Labute approximate surface area is 154 Å². The Bertz CT molecular complexity index is 542. The Morgan fingerprint density at radius 1 is 1.28 bits per heavy atom. The fourth-order valence-electron chi connectivity index (χ4n) is 3.49. The van der Waals surface area contributed by atoms with E-state index in [-0.39, 0.29) is 17.9 Å². The number of aromatic nitrogens is 1. The number of nitrogens with one attached hydrogen (secondary N) is 1. The van der Waals surface area contributed by atoms with Crippen LogP contribution in [0.2, 0.25) is 0 Å². The van der Waals surface area contributed by atoms with Gasteiger partial charge in [0.15, 0.2) is 5.13 Å². The number of carbonyl (C=O) groups is 1. The molecule has 5 nitrogen and oxygen atoms in total. The lowest BCUT2D eigenvalue weighted by atomic mass is 10.0. The standard InChI is InChI=1S/C19H30N2O3S/c1-13(2)17(24-12-14-8-7-11-23-14)18(22)21-19-20-15-9-5-3-4-6-10-16(15)25-19/h13-14,17H,3-12H2,1-2H3,(H,20,21,22). The van der Waals surface area contributed by atoms with Crippen molar-refractivity contribution in [1.82, 2.24) is 4.98 Å². The molecule has 2 unspecified atom stereocenters. The van der Waals surface area contributed by atoms with Gasteiger partial charge in [0.1, 0.15) is 6.10 Å². The average molecular weight is 367 g/mol. The van der Waals surface area contributed by atoms with Crippen LogP contribution in [-0.4, -0.2) is 36.3 Å². The molecule has 1 aromatic heterocycles. The number of ether oxygens (including phenoxy) is 2. The van der Waals surface area contributed by atoms with Gasteiger partial charge in [-0.25, -0.2) is 4.98 Å². The fraction of sp³-hybridized carbons (Fsp3) is 0.789. The highest BCUT2D eigenvalue weighted by Crippen LogP contribution is 2.29. The van der Waals surface area contributed by atoms with Crippen LogP contribution in [0.25, 0.3) is 0 Å². The molecular formula is C19H30N2O3S. The first-order chi connectivity index (χ1) is 12.1. The molecule has 2 atom stereocenters. The second-order valence-corrected chi connectivity index (χ2v) is 8.51. The Hall–Kier alpha value is -0.980. The zero-order valence-electron chi connectivity index (χ0n) is 15.4. The quantitative estimate of drug-likeness (QED) is 0.828. The molecule has 1 saturated heterocycles. The first-order valence-corrected chi connectivity index (χ1v) is 10.5. The van der Waals surface area contributed by atoms with E-state index < -0.39 is 6.10 Å². The maximum atomic E-state index is 12.7. The van der Waals surface area contributed by atoms with E-state index in [2.05, 4.69) is 10.3 Å². The van der Waals surface area contributed by atoms with Crippen molar-refractivity contribution in [2.75, 3.05) is 18.5 Å². The first kappa shape index (κ1) is 18.8. The molecule has 2 aliphatic rings. The highest BCUT2D eigenvalue weighted by molar-refractivity contribution is 7.15. The van der Waals surface area contributed by atoms with Gasteiger partial charge in [0.25, 0.3) is 5.91 Å². The van der Waals surface area contributed by atoms with Crippen molar-refractivity contribution in [3.05, 3.63) is 10.6 Å². The monoisotopic (exact) mass is 366 g/mol. The molecule has 3 rings (SSSR count). The van der Waals surface area contributed by atoms with Crippen LogP contribution >= 0.6 is 11.3 Å². The van der Waals surface area contributed by atoms with E-state index in [1.807, 2.05) is 13.8 Å². The third-order valence-corrected chi connectivity index (χ3v) is 6.00. The van der Waals surface area contributed by atoms with E-state index >= 15 is 0 Å². The summed E-state index contributed by atoms with van der Waals surface area (Å²) in [4.78, 5) is 18.7. The maximum Gasteiger partial charge on any atom is 0.255 e. The van der Waals surface area contributed by atoms with Crippen LogP contribution in [0.3, 0.4) is 0 Å². The lowest BCUT2D eigenvalue weighted by molar-refractivity contribution is -0.132. The van der Waals surface area contributed by atoms with Crippen LogP contribution in [0.1, 0.15) is 62.9 Å². The first-order valence-electron chi connectivity index (χ1n) is 9.66. The van der Waals surface area contributed by atoms with Crippen molar-refractivity contribution in [1.29, 1.82) is 0 Å². The molecule has 2 heterocycles. The number of fused-ring (bicyclic) bond motifs is 1. The molecule has 1 amide bonds. The number of amides is 1. The molecule has 0 saturated carbocycles. The van der Waals surface area contributed by atoms with Crippen molar-refractivity contribution in [3.63, 3.8) is 0 Å². The summed E-state index contributed by atoms with van der Waals surface area (Å²) in [5.41, 5.74) is 1.18. The minimum atomic E-state index is -0.462.